The third-order valence-corrected chi connectivity index (χ3v) is 3.37. The molecule has 20 heavy (non-hydrogen) atoms. The van der Waals surface area contributed by atoms with Crippen LogP contribution < -0.4 is 10.6 Å². The first-order chi connectivity index (χ1) is 9.09. The van der Waals surface area contributed by atoms with Gasteiger partial charge in [-0.25, -0.2) is 13.6 Å². The Kier molecular flexibility index (Phi) is 5.74. The minimum absolute atomic E-state index is 0.155. The first-order valence-electron chi connectivity index (χ1n) is 7.17. The lowest BCUT2D eigenvalue weighted by Crippen LogP contribution is -2.47. The summed E-state index contributed by atoms with van der Waals surface area (Å²) in [6.07, 6.45) is 2.29. The van der Waals surface area contributed by atoms with Crippen molar-refractivity contribution in [3.8, 4) is 0 Å². The van der Waals surface area contributed by atoms with E-state index in [9.17, 15) is 13.6 Å². The van der Waals surface area contributed by atoms with Crippen LogP contribution in [0.2, 0.25) is 0 Å². The normalized spacial score (nSPS) is 23.7. The van der Waals surface area contributed by atoms with E-state index >= 15 is 0 Å². The van der Waals surface area contributed by atoms with Crippen LogP contribution in [0, 0.1) is 5.92 Å². The molecule has 118 valence electrons. The highest BCUT2D eigenvalue weighted by molar-refractivity contribution is 5.67. The largest absolute Gasteiger partial charge is 0.444 e. The van der Waals surface area contributed by atoms with E-state index in [0.29, 0.717) is 5.92 Å². The summed E-state index contributed by atoms with van der Waals surface area (Å²) in [4.78, 5) is 11.3. The minimum atomic E-state index is -2.97. The summed E-state index contributed by atoms with van der Waals surface area (Å²) >= 11 is 0. The van der Waals surface area contributed by atoms with Gasteiger partial charge in [-0.05, 0) is 39.5 Å². The van der Waals surface area contributed by atoms with E-state index in [1.54, 1.807) is 20.8 Å². The second-order valence-electron chi connectivity index (χ2n) is 6.61. The lowest BCUT2D eigenvalue weighted by molar-refractivity contribution is -0.00625. The monoisotopic (exact) mass is 292 g/mol. The van der Waals surface area contributed by atoms with Crippen molar-refractivity contribution in [1.29, 1.82) is 0 Å². The van der Waals surface area contributed by atoms with Crippen LogP contribution in [0.3, 0.4) is 0 Å². The Bertz CT molecular complexity index is 330. The number of amides is 1. The molecule has 6 heteroatoms. The van der Waals surface area contributed by atoms with Gasteiger partial charge in [0.05, 0.1) is 13.1 Å². The van der Waals surface area contributed by atoms with Crippen molar-refractivity contribution in [1.82, 2.24) is 10.6 Å². The van der Waals surface area contributed by atoms with Gasteiger partial charge in [0.1, 0.15) is 5.60 Å². The summed E-state index contributed by atoms with van der Waals surface area (Å²) in [5.41, 5.74) is -0.684. The number of carbonyl (C=O) groups is 1. The Balaban J connectivity index is 2.28. The summed E-state index contributed by atoms with van der Waals surface area (Å²) in [7, 11) is 0. The maximum absolute atomic E-state index is 13.7. The van der Waals surface area contributed by atoms with Gasteiger partial charge in [-0.15, -0.1) is 0 Å². The number of ether oxygens (including phenoxy) is 1. The van der Waals surface area contributed by atoms with Crippen LogP contribution in [0.15, 0.2) is 0 Å². The van der Waals surface area contributed by atoms with Crippen molar-refractivity contribution in [3.05, 3.63) is 0 Å². The van der Waals surface area contributed by atoms with Gasteiger partial charge in [0.15, 0.2) is 0 Å². The van der Waals surface area contributed by atoms with Crippen LogP contribution in [-0.2, 0) is 4.74 Å². The molecule has 1 aliphatic rings. The minimum Gasteiger partial charge on any atom is -0.444 e. The molecule has 0 aromatic rings. The van der Waals surface area contributed by atoms with Crippen molar-refractivity contribution < 1.29 is 18.3 Å². The number of carbonyl (C=O) groups excluding carboxylic acids is 1. The smallest absolute Gasteiger partial charge is 0.407 e. The molecule has 2 unspecified atom stereocenters. The Hall–Kier alpha value is -0.910. The summed E-state index contributed by atoms with van der Waals surface area (Å²) in [5.74, 6) is -2.54. The molecule has 2 N–H and O–H groups in total. The molecule has 0 heterocycles. The van der Waals surface area contributed by atoms with Crippen molar-refractivity contribution in [3.63, 3.8) is 0 Å². The number of alkyl halides is 2. The van der Waals surface area contributed by atoms with E-state index in [0.717, 1.165) is 19.3 Å². The van der Waals surface area contributed by atoms with E-state index in [-0.39, 0.29) is 6.04 Å². The maximum Gasteiger partial charge on any atom is 0.407 e. The zero-order valence-corrected chi connectivity index (χ0v) is 12.8. The summed E-state index contributed by atoms with van der Waals surface area (Å²) in [6, 6.07) is 0.155. The van der Waals surface area contributed by atoms with Gasteiger partial charge < -0.3 is 15.4 Å². The Labute approximate surface area is 119 Å². The molecule has 0 aromatic heterocycles. The number of nitrogens with one attached hydrogen (secondary N) is 2. The van der Waals surface area contributed by atoms with Crippen LogP contribution in [0.4, 0.5) is 13.6 Å². The summed E-state index contributed by atoms with van der Waals surface area (Å²) in [6.45, 7) is 6.00. The number of rotatable bonds is 5. The van der Waals surface area contributed by atoms with E-state index in [4.69, 9.17) is 4.74 Å². The summed E-state index contributed by atoms with van der Waals surface area (Å²) in [5, 5.41) is 5.02. The van der Waals surface area contributed by atoms with Gasteiger partial charge in [-0.2, -0.15) is 0 Å². The molecule has 1 saturated carbocycles. The molecule has 0 aromatic carbocycles. The third-order valence-electron chi connectivity index (χ3n) is 3.37. The molecule has 1 fully saturated rings. The quantitative estimate of drug-likeness (QED) is 0.819. The highest BCUT2D eigenvalue weighted by atomic mass is 19.3. The van der Waals surface area contributed by atoms with Gasteiger partial charge in [0.25, 0.3) is 5.92 Å². The van der Waals surface area contributed by atoms with Gasteiger partial charge in [-0.1, -0.05) is 13.3 Å². The molecule has 0 radical (unpaired) electrons. The highest BCUT2D eigenvalue weighted by Crippen LogP contribution is 2.25. The zero-order valence-electron chi connectivity index (χ0n) is 12.8. The second kappa shape index (κ2) is 6.70. The Morgan fingerprint density at radius 2 is 1.90 bits per heavy atom. The molecular formula is C14H26F2N2O2. The fraction of sp³-hybridized carbons (Fsp3) is 0.929. The Morgan fingerprint density at radius 3 is 2.40 bits per heavy atom. The van der Waals surface area contributed by atoms with Gasteiger partial charge in [0.2, 0.25) is 0 Å². The average molecular weight is 292 g/mol. The van der Waals surface area contributed by atoms with Crippen LogP contribution in [0.5, 0.6) is 0 Å². The Morgan fingerprint density at radius 1 is 1.25 bits per heavy atom. The number of halogens is 2. The lowest BCUT2D eigenvalue weighted by Gasteiger charge is -2.24. The van der Waals surface area contributed by atoms with Crippen LogP contribution >= 0.6 is 0 Å². The predicted octanol–water partition coefficient (Wildman–Crippen LogP) is 2.92. The van der Waals surface area contributed by atoms with E-state index in [1.165, 1.54) is 0 Å². The first kappa shape index (κ1) is 17.1. The molecule has 0 spiro atoms. The topological polar surface area (TPSA) is 50.4 Å². The molecule has 4 nitrogen and oxygen atoms in total. The predicted molar refractivity (Wildman–Crippen MR) is 74.0 cm³/mol. The lowest BCUT2D eigenvalue weighted by atomic mass is 10.1. The van der Waals surface area contributed by atoms with E-state index < -0.39 is 30.7 Å². The van der Waals surface area contributed by atoms with E-state index in [2.05, 4.69) is 17.6 Å². The fourth-order valence-electron chi connectivity index (χ4n) is 2.31. The van der Waals surface area contributed by atoms with Gasteiger partial charge in [-0.3, -0.25) is 0 Å². The van der Waals surface area contributed by atoms with E-state index in [1.807, 2.05) is 0 Å². The molecule has 1 rings (SSSR count). The van der Waals surface area contributed by atoms with Crippen molar-refractivity contribution in [2.75, 3.05) is 13.1 Å². The molecule has 1 aliphatic carbocycles. The second-order valence-corrected chi connectivity index (χ2v) is 6.61. The van der Waals surface area contributed by atoms with Crippen LogP contribution in [-0.4, -0.2) is 36.7 Å². The van der Waals surface area contributed by atoms with Gasteiger partial charge in [0, 0.05) is 6.04 Å². The third kappa shape index (κ3) is 6.50. The molecule has 2 atom stereocenters. The summed E-state index contributed by atoms with van der Waals surface area (Å²) < 4.78 is 32.3. The molecule has 0 bridgehead atoms. The van der Waals surface area contributed by atoms with Crippen molar-refractivity contribution >= 4 is 6.09 Å². The number of hydrogen-bond donors (Lipinski definition) is 2. The standard InChI is InChI=1S/C14H26F2N2O2/c1-10-6-5-7-11(10)17-8-14(15,16)9-18-12(19)20-13(2,3)4/h10-11,17H,5-9H2,1-4H3,(H,18,19). The maximum atomic E-state index is 13.7. The first-order valence-corrected chi connectivity index (χ1v) is 7.17. The average Bonchev–Trinajstić information content (AvgIpc) is 2.68. The number of alkyl carbamates (subject to hydrolysis) is 1. The SMILES string of the molecule is CC1CCCC1NCC(F)(F)CNC(=O)OC(C)(C)C. The van der Waals surface area contributed by atoms with Crippen LogP contribution in [0.1, 0.15) is 47.0 Å². The highest BCUT2D eigenvalue weighted by Gasteiger charge is 2.33. The van der Waals surface area contributed by atoms with Gasteiger partial charge >= 0.3 is 6.09 Å². The molecule has 1 amide bonds. The zero-order chi connectivity index (χ0) is 15.4. The fourth-order valence-corrected chi connectivity index (χ4v) is 2.31. The molecular weight excluding hydrogens is 266 g/mol. The van der Waals surface area contributed by atoms with Crippen molar-refractivity contribution in [2.45, 2.75) is 64.5 Å². The molecule has 0 aliphatic heterocycles. The molecule has 0 saturated heterocycles. The van der Waals surface area contributed by atoms with Crippen molar-refractivity contribution in [2.24, 2.45) is 5.92 Å². The number of hydrogen-bond acceptors (Lipinski definition) is 3. The van der Waals surface area contributed by atoms with Crippen LogP contribution in [0.25, 0.3) is 0 Å².